The highest BCUT2D eigenvalue weighted by atomic mass is 19.4. The molecule has 9 heteroatoms. The number of carbonyl (C=O) groups excluding carboxylic acids is 1. The molecule has 1 spiro atoms. The number of halogens is 3. The molecule has 1 fully saturated rings. The summed E-state index contributed by atoms with van der Waals surface area (Å²) in [4.78, 5) is 26.6. The largest absolute Gasteiger partial charge is 0.433 e. The summed E-state index contributed by atoms with van der Waals surface area (Å²) in [6.07, 6.45) is -0.000396. The van der Waals surface area contributed by atoms with E-state index in [0.29, 0.717) is 17.8 Å². The summed E-state index contributed by atoms with van der Waals surface area (Å²) in [6.45, 7) is 2.38. The zero-order valence-corrected chi connectivity index (χ0v) is 17.3. The van der Waals surface area contributed by atoms with Crippen molar-refractivity contribution < 1.29 is 18.0 Å². The van der Waals surface area contributed by atoms with E-state index in [9.17, 15) is 18.0 Å². The molecule has 0 unspecified atom stereocenters. The van der Waals surface area contributed by atoms with Gasteiger partial charge in [0.2, 0.25) is 0 Å². The van der Waals surface area contributed by atoms with E-state index >= 15 is 0 Å². The molecule has 0 radical (unpaired) electrons. The second kappa shape index (κ2) is 6.41. The summed E-state index contributed by atoms with van der Waals surface area (Å²) >= 11 is 0. The van der Waals surface area contributed by atoms with Crippen molar-refractivity contribution in [2.24, 2.45) is 0 Å². The number of carbonyl (C=O) groups is 1. The van der Waals surface area contributed by atoms with Crippen molar-refractivity contribution in [2.75, 3.05) is 26.7 Å². The van der Waals surface area contributed by atoms with Crippen molar-refractivity contribution in [1.29, 1.82) is 0 Å². The predicted octanol–water partition coefficient (Wildman–Crippen LogP) is 3.18. The molecule has 1 saturated heterocycles. The highest BCUT2D eigenvalue weighted by Gasteiger charge is 2.50. The first-order valence-corrected chi connectivity index (χ1v) is 10.5. The van der Waals surface area contributed by atoms with Gasteiger partial charge in [0, 0.05) is 48.8 Å². The van der Waals surface area contributed by atoms with Crippen LogP contribution in [0.1, 0.15) is 32.9 Å². The highest BCUT2D eigenvalue weighted by molar-refractivity contribution is 6.01. The Labute approximate surface area is 181 Å². The molecule has 2 aliphatic heterocycles. The van der Waals surface area contributed by atoms with Crippen LogP contribution in [0.4, 0.5) is 13.2 Å². The van der Waals surface area contributed by atoms with Gasteiger partial charge in [0.25, 0.3) is 5.91 Å². The maximum atomic E-state index is 12.9. The van der Waals surface area contributed by atoms with E-state index in [4.69, 9.17) is 0 Å². The van der Waals surface area contributed by atoms with Crippen LogP contribution < -0.4 is 5.32 Å². The van der Waals surface area contributed by atoms with Crippen LogP contribution in [-0.4, -0.2) is 52.4 Å². The molecule has 1 amide bonds. The molecule has 6 rings (SSSR count). The summed E-state index contributed by atoms with van der Waals surface area (Å²) in [5.74, 6) is -0.0395. The normalized spacial score (nSPS) is 19.1. The van der Waals surface area contributed by atoms with Crippen LogP contribution in [0, 0.1) is 0 Å². The molecule has 0 saturated carbocycles. The fraction of sp³-hybridized carbons (Fsp3) is 0.348. The number of amides is 1. The summed E-state index contributed by atoms with van der Waals surface area (Å²) in [5.41, 5.74) is 5.75. The van der Waals surface area contributed by atoms with Gasteiger partial charge in [0.1, 0.15) is 5.69 Å². The number of nitrogens with zero attached hydrogens (tertiary/aromatic N) is 3. The van der Waals surface area contributed by atoms with E-state index in [1.54, 1.807) is 6.20 Å². The molecule has 3 aromatic rings. The molecule has 0 aromatic carbocycles. The van der Waals surface area contributed by atoms with E-state index in [-0.39, 0.29) is 11.3 Å². The fourth-order valence-corrected chi connectivity index (χ4v) is 5.40. The Balaban J connectivity index is 1.45. The van der Waals surface area contributed by atoms with Gasteiger partial charge < -0.3 is 15.2 Å². The van der Waals surface area contributed by atoms with E-state index in [0.717, 1.165) is 65.6 Å². The zero-order chi connectivity index (χ0) is 22.3. The minimum absolute atomic E-state index is 0.0395. The number of rotatable bonds is 1. The Kier molecular flexibility index (Phi) is 3.90. The number of likely N-dealkylation sites (tertiary alicyclic amines) is 1. The molecule has 0 atom stereocenters. The number of aryl methyl sites for hydroxylation is 1. The first-order chi connectivity index (χ1) is 15.2. The fourth-order valence-electron chi connectivity index (χ4n) is 5.40. The van der Waals surface area contributed by atoms with E-state index in [1.807, 2.05) is 6.07 Å². The van der Waals surface area contributed by atoms with Crippen LogP contribution >= 0.6 is 0 Å². The summed E-state index contributed by atoms with van der Waals surface area (Å²) in [7, 11) is 2.07. The Bertz CT molecular complexity index is 1260. The van der Waals surface area contributed by atoms with Gasteiger partial charge >= 0.3 is 6.18 Å². The number of hydrogen-bond donors (Lipinski definition) is 2. The van der Waals surface area contributed by atoms with Gasteiger partial charge in [-0.3, -0.25) is 14.8 Å². The monoisotopic (exact) mass is 439 g/mol. The molecule has 32 heavy (non-hydrogen) atoms. The number of fused-ring (bicyclic) bond motifs is 6. The SMILES string of the molecule is CN1CC2(CNC(=O)c3c2[nH]c2c3CCc3cnc(-c4ccc(C(F)(F)F)nc4)cc3-2)C1. The van der Waals surface area contributed by atoms with Crippen molar-refractivity contribution in [3.8, 4) is 22.5 Å². The predicted molar refractivity (Wildman–Crippen MR) is 111 cm³/mol. The number of nitrogens with one attached hydrogen (secondary N) is 2. The number of aromatic nitrogens is 3. The first-order valence-electron chi connectivity index (χ1n) is 10.5. The number of alkyl halides is 3. The van der Waals surface area contributed by atoms with E-state index in [1.165, 1.54) is 12.3 Å². The summed E-state index contributed by atoms with van der Waals surface area (Å²) in [5, 5.41) is 3.07. The number of pyridine rings is 2. The maximum Gasteiger partial charge on any atom is 0.433 e. The summed E-state index contributed by atoms with van der Waals surface area (Å²) < 4.78 is 38.6. The third kappa shape index (κ3) is 2.73. The summed E-state index contributed by atoms with van der Waals surface area (Å²) in [6, 6.07) is 4.24. The lowest BCUT2D eigenvalue weighted by atomic mass is 9.73. The molecule has 6 nitrogen and oxygen atoms in total. The van der Waals surface area contributed by atoms with Crippen LogP contribution in [0.3, 0.4) is 0 Å². The van der Waals surface area contributed by atoms with Crippen LogP contribution in [-0.2, 0) is 24.4 Å². The van der Waals surface area contributed by atoms with Crippen molar-refractivity contribution in [3.05, 3.63) is 58.7 Å². The van der Waals surface area contributed by atoms with Crippen LogP contribution in [0.5, 0.6) is 0 Å². The van der Waals surface area contributed by atoms with Crippen molar-refractivity contribution in [3.63, 3.8) is 0 Å². The minimum Gasteiger partial charge on any atom is -0.357 e. The van der Waals surface area contributed by atoms with E-state index < -0.39 is 11.9 Å². The number of aromatic amines is 1. The van der Waals surface area contributed by atoms with Gasteiger partial charge in [-0.25, -0.2) is 0 Å². The van der Waals surface area contributed by atoms with Crippen molar-refractivity contribution in [1.82, 2.24) is 25.2 Å². The van der Waals surface area contributed by atoms with E-state index in [2.05, 4.69) is 32.2 Å². The molecular formula is C23H20F3N5O. The van der Waals surface area contributed by atoms with Crippen molar-refractivity contribution >= 4 is 5.91 Å². The quantitative estimate of drug-likeness (QED) is 0.611. The van der Waals surface area contributed by atoms with Gasteiger partial charge in [-0.05, 0) is 49.2 Å². The molecule has 164 valence electrons. The topological polar surface area (TPSA) is 73.9 Å². The first kappa shape index (κ1) is 19.5. The molecule has 2 N–H and O–H groups in total. The molecule has 3 aliphatic rings. The second-order valence-corrected chi connectivity index (χ2v) is 9.02. The highest BCUT2D eigenvalue weighted by Crippen LogP contribution is 2.44. The van der Waals surface area contributed by atoms with Crippen LogP contribution in [0.15, 0.2) is 30.6 Å². The molecule has 5 heterocycles. The molecular weight excluding hydrogens is 419 g/mol. The standard InChI is InChI=1S/C23H20F3N5O/c1-31-10-22(11-31)9-29-21(32)18-14-4-2-12-7-27-16(6-15(12)19(14)30-20(18)22)13-3-5-17(28-8-13)23(24,25)26/h3,5-8,30H,2,4,9-11H2,1H3,(H,29,32). The lowest BCUT2D eigenvalue weighted by Crippen LogP contribution is -2.65. The van der Waals surface area contributed by atoms with Gasteiger partial charge in [-0.15, -0.1) is 0 Å². The smallest absolute Gasteiger partial charge is 0.357 e. The second-order valence-electron chi connectivity index (χ2n) is 9.02. The number of likely N-dealkylation sites (N-methyl/N-ethyl adjacent to an activating group) is 1. The third-order valence-electron chi connectivity index (χ3n) is 6.84. The molecule has 3 aromatic heterocycles. The lowest BCUT2D eigenvalue weighted by molar-refractivity contribution is -0.141. The van der Waals surface area contributed by atoms with Gasteiger partial charge in [-0.1, -0.05) is 0 Å². The van der Waals surface area contributed by atoms with Gasteiger partial charge in [0.15, 0.2) is 0 Å². The van der Waals surface area contributed by atoms with Gasteiger partial charge in [0.05, 0.1) is 22.4 Å². The number of H-pyrrole nitrogens is 1. The number of hydrogen-bond acceptors (Lipinski definition) is 4. The Morgan fingerprint density at radius 1 is 1.12 bits per heavy atom. The third-order valence-corrected chi connectivity index (χ3v) is 6.84. The average molecular weight is 439 g/mol. The maximum absolute atomic E-state index is 12.9. The van der Waals surface area contributed by atoms with Gasteiger partial charge in [-0.2, -0.15) is 13.2 Å². The molecule has 1 aliphatic carbocycles. The Hall–Kier alpha value is -3.20. The lowest BCUT2D eigenvalue weighted by Gasteiger charge is -2.50. The van der Waals surface area contributed by atoms with Crippen LogP contribution in [0.2, 0.25) is 0 Å². The average Bonchev–Trinajstić information content (AvgIpc) is 3.16. The zero-order valence-electron chi connectivity index (χ0n) is 17.3. The molecule has 0 bridgehead atoms. The Morgan fingerprint density at radius 2 is 1.94 bits per heavy atom. The minimum atomic E-state index is -4.48. The van der Waals surface area contributed by atoms with Crippen molar-refractivity contribution in [2.45, 2.75) is 24.4 Å². The van der Waals surface area contributed by atoms with Crippen LogP contribution in [0.25, 0.3) is 22.5 Å². The Morgan fingerprint density at radius 3 is 2.62 bits per heavy atom.